The lowest BCUT2D eigenvalue weighted by atomic mass is 9.67. The summed E-state index contributed by atoms with van der Waals surface area (Å²) in [4.78, 5) is 37.9. The molecular weight excluding hydrogens is 288 g/mol. The quantitative estimate of drug-likeness (QED) is 0.428. The Hall–Kier alpha value is -1.10. The third kappa shape index (κ3) is 3.76. The summed E-state index contributed by atoms with van der Waals surface area (Å²) < 4.78 is 4.78. The van der Waals surface area contributed by atoms with Crippen molar-refractivity contribution in [1.82, 2.24) is 0 Å². The fourth-order valence-electron chi connectivity index (χ4n) is 2.73. The molecule has 0 fully saturated rings. The second-order valence-corrected chi connectivity index (χ2v) is 7.25. The summed E-state index contributed by atoms with van der Waals surface area (Å²) in [5, 5.41) is 0. The second-order valence-electron chi connectivity index (χ2n) is 5.89. The molecule has 0 amide bonds. The number of ether oxygens (including phenoxy) is 1. The molecule has 0 aromatic rings. The van der Waals surface area contributed by atoms with Crippen LogP contribution < -0.4 is 0 Å². The molecule has 0 spiro atoms. The van der Waals surface area contributed by atoms with E-state index < -0.39 is 17.3 Å². The number of allylic oxidation sites excluding steroid dienone is 2. The van der Waals surface area contributed by atoms with E-state index in [1.54, 1.807) is 0 Å². The summed E-state index contributed by atoms with van der Waals surface area (Å²) in [6.45, 7) is 7.65. The Morgan fingerprint density at radius 1 is 1.33 bits per heavy atom. The van der Waals surface area contributed by atoms with Gasteiger partial charge < -0.3 is 4.74 Å². The highest BCUT2D eigenvalue weighted by molar-refractivity contribution is 8.03. The fourth-order valence-corrected chi connectivity index (χ4v) is 3.91. The zero-order chi connectivity index (χ0) is 16.2. The Bertz CT molecular complexity index is 477. The van der Waals surface area contributed by atoms with Gasteiger partial charge in [-0.3, -0.25) is 14.4 Å². The number of thioether (sulfide) groups is 1. The van der Waals surface area contributed by atoms with E-state index in [1.165, 1.54) is 18.9 Å². The van der Waals surface area contributed by atoms with E-state index >= 15 is 0 Å². The van der Waals surface area contributed by atoms with Crippen LogP contribution in [0, 0.1) is 11.3 Å². The molecule has 1 atom stereocenters. The number of rotatable bonds is 6. The van der Waals surface area contributed by atoms with Gasteiger partial charge in [0.2, 0.25) is 0 Å². The molecule has 1 rings (SSSR count). The molecule has 5 heteroatoms. The molecular formula is C16H24O4S. The van der Waals surface area contributed by atoms with Gasteiger partial charge in [0.05, 0.1) is 12.7 Å². The SMILES string of the molecule is CCCC(=O)C1=C(SCC)CC(C)(C)[C@@H](C(=O)OC)C1=O. The van der Waals surface area contributed by atoms with E-state index in [2.05, 4.69) is 0 Å². The molecule has 0 unspecified atom stereocenters. The molecule has 1 aliphatic rings. The van der Waals surface area contributed by atoms with Crippen LogP contribution in [0.15, 0.2) is 10.5 Å². The summed E-state index contributed by atoms with van der Waals surface area (Å²) >= 11 is 1.53. The zero-order valence-corrected chi connectivity index (χ0v) is 14.3. The molecule has 118 valence electrons. The number of carbonyl (C=O) groups is 3. The third-order valence-electron chi connectivity index (χ3n) is 3.70. The highest BCUT2D eigenvalue weighted by Crippen LogP contribution is 2.46. The number of hydrogen-bond donors (Lipinski definition) is 0. The van der Waals surface area contributed by atoms with Gasteiger partial charge in [0, 0.05) is 6.42 Å². The Kier molecular flexibility index (Phi) is 6.20. The minimum atomic E-state index is -0.889. The molecule has 0 N–H and O–H groups in total. The van der Waals surface area contributed by atoms with Gasteiger partial charge >= 0.3 is 5.97 Å². The van der Waals surface area contributed by atoms with E-state index in [-0.39, 0.29) is 17.1 Å². The Morgan fingerprint density at radius 2 is 1.95 bits per heavy atom. The average molecular weight is 312 g/mol. The van der Waals surface area contributed by atoms with Gasteiger partial charge in [0.25, 0.3) is 0 Å². The van der Waals surface area contributed by atoms with Crippen LogP contribution in [-0.4, -0.2) is 30.4 Å². The van der Waals surface area contributed by atoms with Crippen molar-refractivity contribution < 1.29 is 19.1 Å². The lowest BCUT2D eigenvalue weighted by Crippen LogP contribution is -2.43. The maximum Gasteiger partial charge on any atom is 0.317 e. The summed E-state index contributed by atoms with van der Waals surface area (Å²) in [6.07, 6.45) is 1.58. The Balaban J connectivity index is 3.33. The minimum absolute atomic E-state index is 0.150. The maximum atomic E-state index is 12.8. The Labute approximate surface area is 130 Å². The maximum absolute atomic E-state index is 12.8. The second kappa shape index (κ2) is 7.25. The van der Waals surface area contributed by atoms with Crippen molar-refractivity contribution in [1.29, 1.82) is 0 Å². The van der Waals surface area contributed by atoms with E-state index in [0.717, 1.165) is 10.7 Å². The monoisotopic (exact) mass is 312 g/mol. The molecule has 0 heterocycles. The average Bonchev–Trinajstić information content (AvgIpc) is 2.37. The van der Waals surface area contributed by atoms with Crippen LogP contribution in [-0.2, 0) is 19.1 Å². The molecule has 0 aromatic carbocycles. The Morgan fingerprint density at radius 3 is 2.43 bits per heavy atom. The molecule has 0 aliphatic heterocycles. The summed E-state index contributed by atoms with van der Waals surface area (Å²) in [7, 11) is 1.28. The van der Waals surface area contributed by atoms with Crippen molar-refractivity contribution in [3.63, 3.8) is 0 Å². The van der Waals surface area contributed by atoms with Gasteiger partial charge in [0.15, 0.2) is 11.6 Å². The number of methoxy groups -OCH3 is 1. The lowest BCUT2D eigenvalue weighted by Gasteiger charge is -2.37. The molecule has 0 saturated carbocycles. The van der Waals surface area contributed by atoms with E-state index in [9.17, 15) is 14.4 Å². The minimum Gasteiger partial charge on any atom is -0.468 e. The van der Waals surface area contributed by atoms with E-state index in [4.69, 9.17) is 4.74 Å². The van der Waals surface area contributed by atoms with Crippen LogP contribution in [0.2, 0.25) is 0 Å². The zero-order valence-electron chi connectivity index (χ0n) is 13.4. The van der Waals surface area contributed by atoms with Crippen LogP contribution >= 0.6 is 11.8 Å². The van der Waals surface area contributed by atoms with Gasteiger partial charge in [-0.15, -0.1) is 11.8 Å². The number of ketones is 2. The predicted molar refractivity (Wildman–Crippen MR) is 84.0 cm³/mol. The molecule has 0 bridgehead atoms. The van der Waals surface area contributed by atoms with Crippen molar-refractivity contribution in [3.05, 3.63) is 10.5 Å². The van der Waals surface area contributed by atoms with Gasteiger partial charge in [-0.25, -0.2) is 0 Å². The highest BCUT2D eigenvalue weighted by atomic mass is 32.2. The normalized spacial score (nSPS) is 21.4. The van der Waals surface area contributed by atoms with Gasteiger partial charge in [-0.2, -0.15) is 0 Å². The predicted octanol–water partition coefficient (Wildman–Crippen LogP) is 3.15. The first-order valence-electron chi connectivity index (χ1n) is 7.31. The molecule has 0 saturated heterocycles. The number of esters is 1. The standard InChI is InChI=1S/C16H24O4S/c1-6-8-10(17)12-11(21-7-2)9-16(3,4)13(14(12)18)15(19)20-5/h13H,6-9H2,1-5H3/t13-/m1/s1. The lowest BCUT2D eigenvalue weighted by molar-refractivity contribution is -0.153. The third-order valence-corrected chi connectivity index (χ3v) is 4.68. The topological polar surface area (TPSA) is 60.4 Å². The van der Waals surface area contributed by atoms with E-state index in [1.807, 2.05) is 27.7 Å². The molecule has 1 aliphatic carbocycles. The van der Waals surface area contributed by atoms with Gasteiger partial charge in [-0.1, -0.05) is 27.7 Å². The van der Waals surface area contributed by atoms with Gasteiger partial charge in [0.1, 0.15) is 5.92 Å². The summed E-state index contributed by atoms with van der Waals surface area (Å²) in [6, 6.07) is 0. The molecule has 21 heavy (non-hydrogen) atoms. The van der Waals surface area contributed by atoms with E-state index in [0.29, 0.717) is 19.3 Å². The number of Topliss-reactive ketones (excluding diaryl/α,β-unsaturated/α-hetero) is 2. The van der Waals surface area contributed by atoms with Crippen molar-refractivity contribution in [2.24, 2.45) is 11.3 Å². The smallest absolute Gasteiger partial charge is 0.317 e. The van der Waals surface area contributed by atoms with Crippen LogP contribution in [0.1, 0.15) is 47.0 Å². The number of hydrogen-bond acceptors (Lipinski definition) is 5. The first-order valence-corrected chi connectivity index (χ1v) is 8.29. The van der Waals surface area contributed by atoms with Crippen LogP contribution in [0.4, 0.5) is 0 Å². The largest absolute Gasteiger partial charge is 0.468 e. The van der Waals surface area contributed by atoms with Crippen LogP contribution in [0.25, 0.3) is 0 Å². The first-order chi connectivity index (χ1) is 9.80. The molecule has 4 nitrogen and oxygen atoms in total. The fraction of sp³-hybridized carbons (Fsp3) is 0.688. The van der Waals surface area contributed by atoms with Crippen molar-refractivity contribution in [2.75, 3.05) is 12.9 Å². The number of carbonyl (C=O) groups excluding carboxylic acids is 3. The van der Waals surface area contributed by atoms with Crippen molar-refractivity contribution in [3.8, 4) is 0 Å². The molecule has 0 aromatic heterocycles. The first kappa shape index (κ1) is 18.0. The summed E-state index contributed by atoms with van der Waals surface area (Å²) in [5.74, 6) is -1.16. The van der Waals surface area contributed by atoms with Crippen LogP contribution in [0.3, 0.4) is 0 Å². The van der Waals surface area contributed by atoms with Crippen molar-refractivity contribution >= 4 is 29.3 Å². The highest BCUT2D eigenvalue weighted by Gasteiger charge is 2.48. The molecule has 0 radical (unpaired) electrons. The summed E-state index contributed by atoms with van der Waals surface area (Å²) in [5.41, 5.74) is -0.295. The van der Waals surface area contributed by atoms with Crippen LogP contribution in [0.5, 0.6) is 0 Å². The van der Waals surface area contributed by atoms with Gasteiger partial charge in [-0.05, 0) is 28.9 Å². The van der Waals surface area contributed by atoms with Crippen molar-refractivity contribution in [2.45, 2.75) is 47.0 Å².